The predicted octanol–water partition coefficient (Wildman–Crippen LogP) is 1.75. The van der Waals surface area contributed by atoms with Crippen molar-refractivity contribution in [1.82, 2.24) is 14.2 Å². The number of amides is 2. The van der Waals surface area contributed by atoms with E-state index in [1.54, 1.807) is 43.1 Å². The number of anilines is 1. The molecular formula is C19H22N4O4S2. The molecule has 8 nitrogen and oxygen atoms in total. The fourth-order valence-corrected chi connectivity index (χ4v) is 5.32. The van der Waals surface area contributed by atoms with E-state index in [1.165, 1.54) is 32.0 Å². The molecule has 2 aromatic rings. The Labute approximate surface area is 174 Å². The van der Waals surface area contributed by atoms with Crippen LogP contribution in [0.1, 0.15) is 15.4 Å². The van der Waals surface area contributed by atoms with Crippen LogP contribution in [-0.2, 0) is 14.8 Å². The number of benzene rings is 1. The molecule has 1 aromatic heterocycles. The van der Waals surface area contributed by atoms with Crippen molar-refractivity contribution in [2.45, 2.75) is 11.9 Å². The molecule has 1 aliphatic heterocycles. The van der Waals surface area contributed by atoms with Crippen molar-refractivity contribution < 1.29 is 18.0 Å². The SMILES string of the molecule is C=CC(=O)N(C)c1ccc(C(=O)N2CCN(S(=O)(=O)c3csc(C)n3)CC2)cc1. The summed E-state index contributed by atoms with van der Waals surface area (Å²) < 4.78 is 26.7. The van der Waals surface area contributed by atoms with Crippen LogP contribution in [0.2, 0.25) is 0 Å². The van der Waals surface area contributed by atoms with Gasteiger partial charge in [0.1, 0.15) is 0 Å². The van der Waals surface area contributed by atoms with Crippen molar-refractivity contribution >= 4 is 38.9 Å². The highest BCUT2D eigenvalue weighted by molar-refractivity contribution is 7.89. The van der Waals surface area contributed by atoms with E-state index in [-0.39, 0.29) is 29.9 Å². The summed E-state index contributed by atoms with van der Waals surface area (Å²) in [4.78, 5) is 31.6. The Balaban J connectivity index is 1.64. The average molecular weight is 435 g/mol. The van der Waals surface area contributed by atoms with Crippen LogP contribution in [0.3, 0.4) is 0 Å². The molecule has 1 saturated heterocycles. The highest BCUT2D eigenvalue weighted by Crippen LogP contribution is 2.21. The number of likely N-dealkylation sites (N-methyl/N-ethyl adjacent to an activating group) is 1. The van der Waals surface area contributed by atoms with Crippen LogP contribution < -0.4 is 4.90 Å². The molecule has 1 aromatic carbocycles. The lowest BCUT2D eigenvalue weighted by atomic mass is 10.1. The number of aryl methyl sites for hydroxylation is 1. The quantitative estimate of drug-likeness (QED) is 0.669. The summed E-state index contributed by atoms with van der Waals surface area (Å²) in [6, 6.07) is 6.71. The van der Waals surface area contributed by atoms with Gasteiger partial charge in [0, 0.05) is 49.9 Å². The third-order valence-electron chi connectivity index (χ3n) is 4.73. The van der Waals surface area contributed by atoms with Gasteiger partial charge in [0.05, 0.1) is 5.01 Å². The number of sulfonamides is 1. The molecule has 2 heterocycles. The van der Waals surface area contributed by atoms with Crippen molar-refractivity contribution in [3.8, 4) is 0 Å². The van der Waals surface area contributed by atoms with E-state index >= 15 is 0 Å². The van der Waals surface area contributed by atoms with Crippen LogP contribution in [0, 0.1) is 6.92 Å². The van der Waals surface area contributed by atoms with Crippen molar-refractivity contribution in [3.63, 3.8) is 0 Å². The smallest absolute Gasteiger partial charge is 0.261 e. The number of piperazine rings is 1. The number of hydrogen-bond donors (Lipinski definition) is 0. The molecule has 0 saturated carbocycles. The molecule has 0 aliphatic carbocycles. The van der Waals surface area contributed by atoms with Gasteiger partial charge in [-0.05, 0) is 37.3 Å². The first-order valence-corrected chi connectivity index (χ1v) is 11.3. The molecule has 154 valence electrons. The first-order chi connectivity index (χ1) is 13.7. The van der Waals surface area contributed by atoms with E-state index in [2.05, 4.69) is 11.6 Å². The van der Waals surface area contributed by atoms with E-state index < -0.39 is 10.0 Å². The zero-order chi connectivity index (χ0) is 21.2. The molecule has 0 unspecified atom stereocenters. The summed E-state index contributed by atoms with van der Waals surface area (Å²) >= 11 is 1.29. The second kappa shape index (κ2) is 8.44. The van der Waals surface area contributed by atoms with Crippen LogP contribution in [0.15, 0.2) is 47.3 Å². The maximum absolute atomic E-state index is 12.8. The van der Waals surface area contributed by atoms with Crippen LogP contribution in [0.25, 0.3) is 0 Å². The molecule has 10 heteroatoms. The molecule has 1 aliphatic rings. The normalized spacial score (nSPS) is 15.2. The standard InChI is InChI=1S/C19H22N4O4S2/c1-4-18(24)21(3)16-7-5-15(6-8-16)19(25)22-9-11-23(12-10-22)29(26,27)17-13-28-14(2)20-17/h4-8,13H,1,9-12H2,2-3H3. The minimum atomic E-state index is -3.63. The van der Waals surface area contributed by atoms with Gasteiger partial charge in [0.25, 0.3) is 15.9 Å². The van der Waals surface area contributed by atoms with Gasteiger partial charge in [-0.3, -0.25) is 9.59 Å². The topological polar surface area (TPSA) is 90.9 Å². The van der Waals surface area contributed by atoms with Crippen LogP contribution >= 0.6 is 11.3 Å². The number of aromatic nitrogens is 1. The number of nitrogens with zero attached hydrogens (tertiary/aromatic N) is 4. The third kappa shape index (κ3) is 4.39. The van der Waals surface area contributed by atoms with Gasteiger partial charge in [-0.25, -0.2) is 13.4 Å². The highest BCUT2D eigenvalue weighted by atomic mass is 32.2. The Morgan fingerprint density at radius 1 is 1.17 bits per heavy atom. The first-order valence-electron chi connectivity index (χ1n) is 8.96. The zero-order valence-electron chi connectivity index (χ0n) is 16.2. The van der Waals surface area contributed by atoms with Gasteiger partial charge in [0.15, 0.2) is 5.03 Å². The number of carbonyl (C=O) groups excluding carboxylic acids is 2. The molecular weight excluding hydrogens is 412 g/mol. The Morgan fingerprint density at radius 3 is 2.31 bits per heavy atom. The monoisotopic (exact) mass is 434 g/mol. The minimum absolute atomic E-state index is 0.0635. The van der Waals surface area contributed by atoms with E-state index in [0.29, 0.717) is 29.3 Å². The summed E-state index contributed by atoms with van der Waals surface area (Å²) in [5, 5.41) is 2.30. The van der Waals surface area contributed by atoms with Gasteiger partial charge in [-0.1, -0.05) is 6.58 Å². The lowest BCUT2D eigenvalue weighted by Crippen LogP contribution is -2.50. The highest BCUT2D eigenvalue weighted by Gasteiger charge is 2.31. The minimum Gasteiger partial charge on any atom is -0.336 e. The van der Waals surface area contributed by atoms with E-state index in [4.69, 9.17) is 0 Å². The van der Waals surface area contributed by atoms with Crippen LogP contribution in [0.5, 0.6) is 0 Å². The average Bonchev–Trinajstić information content (AvgIpc) is 3.19. The van der Waals surface area contributed by atoms with E-state index in [0.717, 1.165) is 0 Å². The van der Waals surface area contributed by atoms with E-state index in [9.17, 15) is 18.0 Å². The summed E-state index contributed by atoms with van der Waals surface area (Å²) in [5.41, 5.74) is 1.14. The van der Waals surface area contributed by atoms with Gasteiger partial charge >= 0.3 is 0 Å². The summed E-state index contributed by atoms with van der Waals surface area (Å²) in [6.45, 7) is 6.27. The largest absolute Gasteiger partial charge is 0.336 e. The number of rotatable bonds is 5. The molecule has 1 fully saturated rings. The Morgan fingerprint density at radius 2 is 1.79 bits per heavy atom. The van der Waals surface area contributed by atoms with Crippen molar-refractivity contribution in [3.05, 3.63) is 52.9 Å². The van der Waals surface area contributed by atoms with Gasteiger partial charge in [0.2, 0.25) is 5.91 Å². The summed E-state index contributed by atoms with van der Waals surface area (Å²) in [6.07, 6.45) is 1.22. The van der Waals surface area contributed by atoms with Crippen molar-refractivity contribution in [1.29, 1.82) is 0 Å². The lowest BCUT2D eigenvalue weighted by Gasteiger charge is -2.33. The van der Waals surface area contributed by atoms with Gasteiger partial charge in [-0.2, -0.15) is 4.31 Å². The van der Waals surface area contributed by atoms with Gasteiger partial charge < -0.3 is 9.80 Å². The fraction of sp³-hybridized carbons (Fsp3) is 0.316. The van der Waals surface area contributed by atoms with Crippen molar-refractivity contribution in [2.24, 2.45) is 0 Å². The molecule has 2 amide bonds. The summed E-state index contributed by atoms with van der Waals surface area (Å²) in [7, 11) is -2.00. The molecule has 29 heavy (non-hydrogen) atoms. The molecule has 0 bridgehead atoms. The van der Waals surface area contributed by atoms with Crippen LogP contribution in [0.4, 0.5) is 5.69 Å². The number of carbonyl (C=O) groups is 2. The Kier molecular flexibility index (Phi) is 6.15. The third-order valence-corrected chi connectivity index (χ3v) is 7.44. The van der Waals surface area contributed by atoms with Crippen LogP contribution in [-0.4, -0.2) is 67.6 Å². The maximum atomic E-state index is 12.8. The molecule has 0 radical (unpaired) electrons. The van der Waals surface area contributed by atoms with E-state index in [1.807, 2.05) is 0 Å². The molecule has 0 N–H and O–H groups in total. The lowest BCUT2D eigenvalue weighted by molar-refractivity contribution is -0.113. The summed E-state index contributed by atoms with van der Waals surface area (Å²) in [5.74, 6) is -0.410. The zero-order valence-corrected chi connectivity index (χ0v) is 17.9. The van der Waals surface area contributed by atoms with Crippen molar-refractivity contribution in [2.75, 3.05) is 38.1 Å². The molecule has 3 rings (SSSR count). The fourth-order valence-electron chi connectivity index (χ4n) is 3.00. The second-order valence-corrected chi connectivity index (χ2v) is 9.50. The first kappa shape index (κ1) is 21.2. The predicted molar refractivity (Wildman–Crippen MR) is 112 cm³/mol. The van der Waals surface area contributed by atoms with Gasteiger partial charge in [-0.15, -0.1) is 11.3 Å². The Hall–Kier alpha value is -2.56. The number of thiazole rings is 1. The Bertz CT molecular complexity index is 1020. The molecule has 0 atom stereocenters. The second-order valence-electron chi connectivity index (χ2n) is 6.55. The maximum Gasteiger partial charge on any atom is 0.261 e. The molecule has 0 spiro atoms. The number of hydrogen-bond acceptors (Lipinski definition) is 6.